The monoisotopic (exact) mass is 437 g/mol. The van der Waals surface area contributed by atoms with Gasteiger partial charge in [0, 0.05) is 37.6 Å². The minimum Gasteiger partial charge on any atom is -0.381 e. The number of carbonyl (C=O) groups excluding carboxylic acids is 2. The molecule has 32 heavy (non-hydrogen) atoms. The number of hydrogen-bond acceptors (Lipinski definition) is 6. The largest absolute Gasteiger partial charge is 0.381 e. The molecule has 0 radical (unpaired) electrons. The lowest BCUT2D eigenvalue weighted by atomic mass is 10.0. The van der Waals surface area contributed by atoms with E-state index in [-0.39, 0.29) is 23.5 Å². The lowest BCUT2D eigenvalue weighted by Crippen LogP contribution is -2.34. The highest BCUT2D eigenvalue weighted by atomic mass is 16.6. The van der Waals surface area contributed by atoms with E-state index >= 15 is 0 Å². The third kappa shape index (κ3) is 5.39. The van der Waals surface area contributed by atoms with E-state index in [0.29, 0.717) is 30.9 Å². The zero-order chi connectivity index (χ0) is 23.1. The fourth-order valence-electron chi connectivity index (χ4n) is 3.45. The molecule has 1 heterocycles. The topological polar surface area (TPSA) is 102 Å². The van der Waals surface area contributed by atoms with Crippen LogP contribution in [-0.2, 0) is 14.3 Å². The molecule has 1 N–H and O–H groups in total. The van der Waals surface area contributed by atoms with Crippen LogP contribution in [0.4, 0.5) is 11.4 Å². The third-order valence-corrected chi connectivity index (χ3v) is 5.13. The van der Waals surface area contributed by atoms with Crippen LogP contribution in [0.1, 0.15) is 37.3 Å². The summed E-state index contributed by atoms with van der Waals surface area (Å²) in [5, 5.41) is 14.1. The van der Waals surface area contributed by atoms with Crippen molar-refractivity contribution < 1.29 is 19.2 Å². The van der Waals surface area contributed by atoms with Crippen LogP contribution in [0.3, 0.4) is 0 Å². The summed E-state index contributed by atoms with van der Waals surface area (Å²) in [6.07, 6.45) is 2.55. The highest BCUT2D eigenvalue weighted by Crippen LogP contribution is 2.31. The first-order valence-corrected chi connectivity index (χ1v) is 10.7. The van der Waals surface area contributed by atoms with Crippen molar-refractivity contribution >= 4 is 28.8 Å². The second-order valence-electron chi connectivity index (χ2n) is 7.63. The van der Waals surface area contributed by atoms with Crippen molar-refractivity contribution in [3.8, 4) is 0 Å². The van der Waals surface area contributed by atoms with E-state index in [0.717, 1.165) is 18.4 Å². The molecule has 168 valence electrons. The maximum absolute atomic E-state index is 13.2. The number of ether oxygens (including phenoxy) is 1. The number of nitro groups is 1. The van der Waals surface area contributed by atoms with Gasteiger partial charge in [-0.05, 0) is 55.2 Å². The molecule has 1 aliphatic heterocycles. The van der Waals surface area contributed by atoms with E-state index in [4.69, 9.17) is 4.74 Å². The van der Waals surface area contributed by atoms with Gasteiger partial charge >= 0.3 is 0 Å². The average Bonchev–Trinajstić information content (AvgIpc) is 3.00. The number of carbonyl (C=O) groups is 2. The molecule has 0 saturated heterocycles. The zero-order valence-corrected chi connectivity index (χ0v) is 18.3. The molecule has 3 rings (SSSR count). The van der Waals surface area contributed by atoms with E-state index < -0.39 is 16.7 Å². The number of amides is 2. The number of benzene rings is 2. The van der Waals surface area contributed by atoms with Gasteiger partial charge in [0.05, 0.1) is 10.5 Å². The van der Waals surface area contributed by atoms with Crippen LogP contribution in [0.15, 0.2) is 54.2 Å². The molecular weight excluding hydrogens is 410 g/mol. The third-order valence-electron chi connectivity index (χ3n) is 5.13. The van der Waals surface area contributed by atoms with Gasteiger partial charge in [-0.1, -0.05) is 25.5 Å². The van der Waals surface area contributed by atoms with Gasteiger partial charge < -0.3 is 10.1 Å². The fraction of sp³-hybridized carbons (Fsp3) is 0.333. The summed E-state index contributed by atoms with van der Waals surface area (Å²) in [7, 11) is 0. The molecule has 0 saturated carbocycles. The van der Waals surface area contributed by atoms with Crippen LogP contribution in [0.5, 0.6) is 0 Å². The molecule has 0 aromatic heterocycles. The summed E-state index contributed by atoms with van der Waals surface area (Å²) in [6.45, 7) is 5.37. The molecule has 2 aromatic carbocycles. The number of anilines is 1. The molecule has 0 fully saturated rings. The summed E-state index contributed by atoms with van der Waals surface area (Å²) in [5.41, 5.74) is 2.43. The molecular formula is C24H27N3O5. The Morgan fingerprint density at radius 3 is 2.41 bits per heavy atom. The van der Waals surface area contributed by atoms with Crippen molar-refractivity contribution in [1.29, 1.82) is 0 Å². The number of unbranched alkanes of at least 4 members (excludes halogenated alkanes) is 1. The minimum atomic E-state index is -0.503. The lowest BCUT2D eigenvalue weighted by Gasteiger charge is -2.15. The number of nitro benzene ring substituents is 1. The number of rotatable bonds is 11. The summed E-state index contributed by atoms with van der Waals surface area (Å²) in [6, 6.07) is 13.1. The molecule has 8 heteroatoms. The van der Waals surface area contributed by atoms with Crippen molar-refractivity contribution in [3.63, 3.8) is 0 Å². The fourth-order valence-corrected chi connectivity index (χ4v) is 3.45. The Kier molecular flexibility index (Phi) is 7.72. The number of nitrogens with zero attached hydrogens (tertiary/aromatic N) is 2. The Morgan fingerprint density at radius 2 is 1.75 bits per heavy atom. The molecule has 0 spiro atoms. The van der Waals surface area contributed by atoms with E-state index in [1.54, 1.807) is 0 Å². The van der Waals surface area contributed by atoms with Crippen LogP contribution >= 0.6 is 0 Å². The Hall–Kier alpha value is -3.52. The van der Waals surface area contributed by atoms with Crippen LogP contribution in [0, 0.1) is 17.0 Å². The SMILES string of the molecule is CCCCOCCCN1C(=O)C(Nc2cccc(C)c2)=C(c2ccc([N+](=O)[O-])cc2)C1=O. The highest BCUT2D eigenvalue weighted by molar-refractivity contribution is 6.36. The van der Waals surface area contributed by atoms with Gasteiger partial charge in [0.1, 0.15) is 5.70 Å². The normalized spacial score (nSPS) is 13.8. The van der Waals surface area contributed by atoms with Crippen LogP contribution < -0.4 is 5.32 Å². The maximum Gasteiger partial charge on any atom is 0.278 e. The summed E-state index contributed by atoms with van der Waals surface area (Å²) < 4.78 is 5.54. The van der Waals surface area contributed by atoms with Gasteiger partial charge in [0.15, 0.2) is 0 Å². The number of non-ortho nitro benzene ring substituents is 1. The van der Waals surface area contributed by atoms with Crippen LogP contribution in [-0.4, -0.2) is 41.4 Å². The zero-order valence-electron chi connectivity index (χ0n) is 18.3. The minimum absolute atomic E-state index is 0.0830. The lowest BCUT2D eigenvalue weighted by molar-refractivity contribution is -0.384. The Labute approximate surface area is 187 Å². The average molecular weight is 437 g/mol. The molecule has 2 amide bonds. The van der Waals surface area contributed by atoms with Gasteiger partial charge in [0.25, 0.3) is 17.5 Å². The van der Waals surface area contributed by atoms with Crippen molar-refractivity contribution in [3.05, 3.63) is 75.5 Å². The Morgan fingerprint density at radius 1 is 1.03 bits per heavy atom. The van der Waals surface area contributed by atoms with Gasteiger partial charge in [-0.3, -0.25) is 24.6 Å². The molecule has 8 nitrogen and oxygen atoms in total. The summed E-state index contributed by atoms with van der Waals surface area (Å²) in [5.74, 6) is -0.842. The Bertz CT molecular complexity index is 1030. The number of hydrogen-bond donors (Lipinski definition) is 1. The van der Waals surface area contributed by atoms with Crippen molar-refractivity contribution in [1.82, 2.24) is 4.90 Å². The van der Waals surface area contributed by atoms with Gasteiger partial charge in [-0.25, -0.2) is 0 Å². The predicted molar refractivity (Wildman–Crippen MR) is 122 cm³/mol. The number of imide groups is 1. The second-order valence-corrected chi connectivity index (χ2v) is 7.63. The van der Waals surface area contributed by atoms with Crippen molar-refractivity contribution in [2.75, 3.05) is 25.1 Å². The first-order chi connectivity index (χ1) is 15.4. The summed E-state index contributed by atoms with van der Waals surface area (Å²) >= 11 is 0. The first-order valence-electron chi connectivity index (χ1n) is 10.7. The van der Waals surface area contributed by atoms with Crippen molar-refractivity contribution in [2.45, 2.75) is 33.1 Å². The van der Waals surface area contributed by atoms with Crippen molar-refractivity contribution in [2.24, 2.45) is 0 Å². The van der Waals surface area contributed by atoms with E-state index in [9.17, 15) is 19.7 Å². The highest BCUT2D eigenvalue weighted by Gasteiger charge is 2.39. The van der Waals surface area contributed by atoms with E-state index in [1.807, 2.05) is 31.2 Å². The second kappa shape index (κ2) is 10.7. The van der Waals surface area contributed by atoms with Crippen LogP contribution in [0.25, 0.3) is 5.57 Å². The summed E-state index contributed by atoms with van der Waals surface area (Å²) in [4.78, 5) is 38.1. The smallest absolute Gasteiger partial charge is 0.278 e. The van der Waals surface area contributed by atoms with Gasteiger partial charge in [-0.15, -0.1) is 0 Å². The number of nitrogens with one attached hydrogen (secondary N) is 1. The molecule has 0 unspecified atom stereocenters. The maximum atomic E-state index is 13.2. The van der Waals surface area contributed by atoms with Gasteiger partial charge in [-0.2, -0.15) is 0 Å². The first kappa shape index (κ1) is 23.1. The van der Waals surface area contributed by atoms with E-state index in [1.165, 1.54) is 29.2 Å². The molecule has 0 atom stereocenters. The predicted octanol–water partition coefficient (Wildman–Crippen LogP) is 4.30. The quantitative estimate of drug-likeness (QED) is 0.243. The standard InChI is InChI=1S/C24H27N3O5/c1-3-4-14-32-15-6-13-26-23(28)21(18-9-11-20(12-10-18)27(30)31)22(24(26)29)25-19-8-5-7-17(2)16-19/h5,7-12,16,25H,3-4,6,13-15H2,1-2H3. The van der Waals surface area contributed by atoms with E-state index in [2.05, 4.69) is 12.2 Å². The molecule has 0 bridgehead atoms. The number of aryl methyl sites for hydroxylation is 1. The molecule has 0 aliphatic carbocycles. The Balaban J connectivity index is 1.86. The molecule has 1 aliphatic rings. The van der Waals surface area contributed by atoms with Crippen LogP contribution in [0.2, 0.25) is 0 Å². The molecule has 2 aromatic rings. The van der Waals surface area contributed by atoms with Gasteiger partial charge in [0.2, 0.25) is 0 Å².